The molecule has 0 atom stereocenters. The molecule has 3 aliphatic rings. The molecule has 6 nitrogen and oxygen atoms in total. The van der Waals surface area contributed by atoms with E-state index in [1.54, 1.807) is 0 Å². The summed E-state index contributed by atoms with van der Waals surface area (Å²) >= 11 is 2.06. The Morgan fingerprint density at radius 2 is 1.45 bits per heavy atom. The Kier molecular flexibility index (Phi) is 7.06. The number of hydrogen-bond donors (Lipinski definition) is 1. The van der Waals surface area contributed by atoms with E-state index in [1.807, 2.05) is 0 Å². The first-order chi connectivity index (χ1) is 9.67. The summed E-state index contributed by atoms with van der Waals surface area (Å²) in [5, 5.41) is 7.89. The molecule has 0 amide bonds. The number of hydrazine groups is 1. The summed E-state index contributed by atoms with van der Waals surface area (Å²) in [4.78, 5) is 0. The van der Waals surface area contributed by atoms with E-state index >= 15 is 0 Å². The molecule has 0 aliphatic carbocycles. The van der Waals surface area contributed by atoms with Crippen LogP contribution in [0.2, 0.25) is 0 Å². The van der Waals surface area contributed by atoms with Crippen LogP contribution < -0.4 is 5.32 Å². The molecule has 3 aliphatic heterocycles. The van der Waals surface area contributed by atoms with Crippen LogP contribution in [0.5, 0.6) is 0 Å². The lowest BCUT2D eigenvalue weighted by atomic mass is 10.5. The molecule has 3 rings (SSSR count). The first-order valence-electron chi connectivity index (χ1n) is 7.24. The molecule has 0 spiro atoms. The summed E-state index contributed by atoms with van der Waals surface area (Å²) in [7, 11) is -2.65. The first kappa shape index (κ1) is 16.5. The lowest BCUT2D eigenvalue weighted by Gasteiger charge is -2.39. The second-order valence-corrected chi connectivity index (χ2v) is 8.56. The van der Waals surface area contributed by atoms with Crippen molar-refractivity contribution in [3.8, 4) is 0 Å². The smallest absolute Gasteiger partial charge is 0.152 e. The fraction of sp³-hybridized carbons (Fsp3) is 1.00. The molecule has 3 heterocycles. The molecule has 0 aromatic heterocycles. The van der Waals surface area contributed by atoms with Crippen molar-refractivity contribution in [2.45, 2.75) is 0 Å². The highest BCUT2D eigenvalue weighted by Crippen LogP contribution is 2.12. The van der Waals surface area contributed by atoms with Gasteiger partial charge in [0, 0.05) is 50.8 Å². The number of nitrogens with zero attached hydrogens (tertiary/aromatic N) is 2. The van der Waals surface area contributed by atoms with Crippen LogP contribution >= 0.6 is 11.8 Å². The van der Waals surface area contributed by atoms with Crippen molar-refractivity contribution in [3.05, 3.63) is 0 Å². The lowest BCUT2D eigenvalue weighted by molar-refractivity contribution is -0.0848. The molecule has 1 N–H and O–H groups in total. The molecule has 0 aromatic carbocycles. The molecule has 8 heteroatoms. The van der Waals surface area contributed by atoms with Crippen molar-refractivity contribution in [2.75, 3.05) is 75.5 Å². The highest BCUT2D eigenvalue weighted by Gasteiger charge is 2.19. The SMILES string of the molecule is C1CN(N2CCSCC2)CCO1.O=S1(=O)CCNCC1. The van der Waals surface area contributed by atoms with Crippen LogP contribution in [-0.4, -0.2) is 93.9 Å². The maximum Gasteiger partial charge on any atom is 0.152 e. The first-order valence-corrected chi connectivity index (χ1v) is 10.2. The Bertz CT molecular complexity index is 338. The van der Waals surface area contributed by atoms with Gasteiger partial charge in [-0.3, -0.25) is 0 Å². The molecule has 3 saturated heterocycles. The predicted octanol–water partition coefficient (Wildman–Crippen LogP) is -0.713. The van der Waals surface area contributed by atoms with Gasteiger partial charge in [-0.15, -0.1) is 0 Å². The van der Waals surface area contributed by atoms with Gasteiger partial charge in [-0.25, -0.2) is 18.4 Å². The van der Waals surface area contributed by atoms with Gasteiger partial charge in [0.2, 0.25) is 0 Å². The Balaban J connectivity index is 0.000000160. The van der Waals surface area contributed by atoms with E-state index in [4.69, 9.17) is 4.74 Å². The highest BCUT2D eigenvalue weighted by molar-refractivity contribution is 7.99. The highest BCUT2D eigenvalue weighted by atomic mass is 32.2. The second kappa shape index (κ2) is 8.55. The average Bonchev–Trinajstić information content (AvgIpc) is 2.49. The van der Waals surface area contributed by atoms with Crippen LogP contribution in [0.1, 0.15) is 0 Å². The zero-order valence-electron chi connectivity index (χ0n) is 11.9. The predicted molar refractivity (Wildman–Crippen MR) is 82.8 cm³/mol. The number of rotatable bonds is 1. The molecule has 0 bridgehead atoms. The van der Waals surface area contributed by atoms with E-state index in [-0.39, 0.29) is 0 Å². The summed E-state index contributed by atoms with van der Waals surface area (Å²) in [6, 6.07) is 0. The maximum absolute atomic E-state index is 10.6. The third-order valence-corrected chi connectivity index (χ3v) is 6.15. The van der Waals surface area contributed by atoms with Crippen molar-refractivity contribution < 1.29 is 13.2 Å². The van der Waals surface area contributed by atoms with Gasteiger partial charge in [0.15, 0.2) is 9.84 Å². The van der Waals surface area contributed by atoms with Gasteiger partial charge in [0.05, 0.1) is 24.7 Å². The summed E-state index contributed by atoms with van der Waals surface area (Å²) in [5.74, 6) is 3.20. The molecular formula is C12H25N3O3S2. The fourth-order valence-electron chi connectivity index (χ4n) is 2.36. The number of hydrogen-bond acceptors (Lipinski definition) is 7. The van der Waals surface area contributed by atoms with Gasteiger partial charge in [-0.05, 0) is 0 Å². The normalized spacial score (nSPS) is 28.4. The van der Waals surface area contributed by atoms with Gasteiger partial charge < -0.3 is 10.1 Å². The van der Waals surface area contributed by atoms with E-state index in [0.29, 0.717) is 24.6 Å². The van der Waals surface area contributed by atoms with Crippen LogP contribution in [-0.2, 0) is 14.6 Å². The van der Waals surface area contributed by atoms with Crippen LogP contribution in [0.25, 0.3) is 0 Å². The van der Waals surface area contributed by atoms with Gasteiger partial charge in [-0.2, -0.15) is 11.8 Å². The van der Waals surface area contributed by atoms with Crippen LogP contribution in [0, 0.1) is 0 Å². The molecule has 0 unspecified atom stereocenters. The van der Waals surface area contributed by atoms with Gasteiger partial charge in [0.1, 0.15) is 0 Å². The minimum atomic E-state index is -2.65. The number of ether oxygens (including phenoxy) is 1. The molecule has 3 fully saturated rings. The largest absolute Gasteiger partial charge is 0.379 e. The summed E-state index contributed by atoms with van der Waals surface area (Å²) in [6.45, 7) is 7.70. The second-order valence-electron chi connectivity index (χ2n) is 5.03. The van der Waals surface area contributed by atoms with Crippen molar-refractivity contribution >= 4 is 21.6 Å². The Morgan fingerprint density at radius 3 is 1.95 bits per heavy atom. The third-order valence-electron chi connectivity index (χ3n) is 3.55. The van der Waals surface area contributed by atoms with E-state index in [2.05, 4.69) is 27.1 Å². The van der Waals surface area contributed by atoms with Crippen molar-refractivity contribution in [3.63, 3.8) is 0 Å². The average molecular weight is 323 g/mol. The van der Waals surface area contributed by atoms with Crippen LogP contribution in [0.4, 0.5) is 0 Å². The minimum Gasteiger partial charge on any atom is -0.379 e. The third kappa shape index (κ3) is 5.87. The maximum atomic E-state index is 10.6. The van der Waals surface area contributed by atoms with E-state index < -0.39 is 9.84 Å². The number of morpholine rings is 1. The van der Waals surface area contributed by atoms with E-state index in [0.717, 1.165) is 26.3 Å². The lowest BCUT2D eigenvalue weighted by Crippen LogP contribution is -2.51. The zero-order valence-corrected chi connectivity index (χ0v) is 13.6. The van der Waals surface area contributed by atoms with E-state index in [1.165, 1.54) is 24.6 Å². The number of nitrogens with one attached hydrogen (secondary N) is 1. The Morgan fingerprint density at radius 1 is 0.900 bits per heavy atom. The minimum absolute atomic E-state index is 0.312. The molecule has 0 aromatic rings. The van der Waals surface area contributed by atoms with Gasteiger partial charge in [-0.1, -0.05) is 0 Å². The number of sulfone groups is 1. The van der Waals surface area contributed by atoms with E-state index in [9.17, 15) is 8.42 Å². The quantitative estimate of drug-likeness (QED) is 0.684. The topological polar surface area (TPSA) is 61.9 Å². The van der Waals surface area contributed by atoms with Crippen molar-refractivity contribution in [1.29, 1.82) is 0 Å². The molecule has 20 heavy (non-hydrogen) atoms. The molecule has 0 radical (unpaired) electrons. The van der Waals surface area contributed by atoms with Crippen LogP contribution in [0.3, 0.4) is 0 Å². The molecule has 118 valence electrons. The Hall–Kier alpha value is 0.140. The molecule has 0 saturated carbocycles. The summed E-state index contributed by atoms with van der Waals surface area (Å²) in [6.07, 6.45) is 0. The standard InChI is InChI=1S/C8H16N2OS.C4H9NO2S/c1-5-11-6-2-9(1)10-3-7-12-8-4-10;6-8(7)3-1-5-2-4-8/h1-8H2;5H,1-4H2. The van der Waals surface area contributed by atoms with Crippen LogP contribution in [0.15, 0.2) is 0 Å². The van der Waals surface area contributed by atoms with Crippen molar-refractivity contribution in [2.24, 2.45) is 0 Å². The van der Waals surface area contributed by atoms with Gasteiger partial charge in [0.25, 0.3) is 0 Å². The summed E-state index contributed by atoms with van der Waals surface area (Å²) in [5.41, 5.74) is 0. The Labute approximate surface area is 126 Å². The fourth-order valence-corrected chi connectivity index (χ4v) is 4.35. The monoisotopic (exact) mass is 323 g/mol. The zero-order chi connectivity index (χ0) is 14.3. The van der Waals surface area contributed by atoms with Crippen molar-refractivity contribution in [1.82, 2.24) is 15.3 Å². The molecular weight excluding hydrogens is 298 g/mol. The van der Waals surface area contributed by atoms with Gasteiger partial charge >= 0.3 is 0 Å². The summed E-state index contributed by atoms with van der Waals surface area (Å²) < 4.78 is 26.5. The number of thioether (sulfide) groups is 1.